The van der Waals surface area contributed by atoms with Crippen LogP contribution in [0.2, 0.25) is 0 Å². The maximum atomic E-state index is 11.3. The van der Waals surface area contributed by atoms with Crippen LogP contribution in [0.3, 0.4) is 0 Å². The van der Waals surface area contributed by atoms with Crippen LogP contribution in [0.25, 0.3) is 0 Å². The minimum Gasteiger partial charge on any atom is -0.349 e. The van der Waals surface area contributed by atoms with E-state index in [2.05, 4.69) is 10.3 Å². The van der Waals surface area contributed by atoms with E-state index < -0.39 is 0 Å². The molecule has 4 heteroatoms. The summed E-state index contributed by atoms with van der Waals surface area (Å²) in [5.74, 6) is -0.128. The SMILES string of the molecule is Cc1cnc2c(c1)C(N)CNC2=O. The van der Waals surface area contributed by atoms with E-state index in [9.17, 15) is 4.79 Å². The van der Waals surface area contributed by atoms with Crippen molar-refractivity contribution in [3.05, 3.63) is 29.1 Å². The minimum absolute atomic E-state index is 0.125. The number of fused-ring (bicyclic) bond motifs is 1. The molecule has 68 valence electrons. The summed E-state index contributed by atoms with van der Waals surface area (Å²) >= 11 is 0. The van der Waals surface area contributed by atoms with Crippen molar-refractivity contribution in [1.82, 2.24) is 10.3 Å². The summed E-state index contributed by atoms with van der Waals surface area (Å²) in [4.78, 5) is 15.4. The molecule has 0 aliphatic carbocycles. The molecule has 3 N–H and O–H groups in total. The zero-order valence-corrected chi connectivity index (χ0v) is 7.37. The van der Waals surface area contributed by atoms with E-state index in [-0.39, 0.29) is 11.9 Å². The number of hydrogen-bond donors (Lipinski definition) is 2. The van der Waals surface area contributed by atoms with Gasteiger partial charge in [-0.2, -0.15) is 0 Å². The number of aryl methyl sites for hydroxylation is 1. The molecule has 1 atom stereocenters. The van der Waals surface area contributed by atoms with E-state index >= 15 is 0 Å². The first-order valence-corrected chi connectivity index (χ1v) is 4.19. The Morgan fingerprint density at radius 3 is 3.23 bits per heavy atom. The van der Waals surface area contributed by atoms with E-state index in [1.807, 2.05) is 13.0 Å². The third kappa shape index (κ3) is 1.29. The van der Waals surface area contributed by atoms with Crippen LogP contribution in [0.4, 0.5) is 0 Å². The number of rotatable bonds is 0. The zero-order chi connectivity index (χ0) is 9.42. The van der Waals surface area contributed by atoms with Crippen LogP contribution in [0, 0.1) is 6.92 Å². The van der Waals surface area contributed by atoms with E-state index in [0.29, 0.717) is 12.2 Å². The van der Waals surface area contributed by atoms with Gasteiger partial charge in [0.15, 0.2) is 0 Å². The molecule has 1 aliphatic heterocycles. The van der Waals surface area contributed by atoms with Gasteiger partial charge < -0.3 is 11.1 Å². The smallest absolute Gasteiger partial charge is 0.270 e. The number of pyridine rings is 1. The van der Waals surface area contributed by atoms with Crippen molar-refractivity contribution in [1.29, 1.82) is 0 Å². The van der Waals surface area contributed by atoms with Crippen molar-refractivity contribution >= 4 is 5.91 Å². The fraction of sp³-hybridized carbons (Fsp3) is 0.333. The van der Waals surface area contributed by atoms with Crippen LogP contribution in [0.1, 0.15) is 27.7 Å². The molecule has 0 aromatic carbocycles. The van der Waals surface area contributed by atoms with Gasteiger partial charge in [-0.3, -0.25) is 9.78 Å². The Labute approximate surface area is 76.2 Å². The van der Waals surface area contributed by atoms with Crippen LogP contribution in [0.15, 0.2) is 12.3 Å². The summed E-state index contributed by atoms with van der Waals surface area (Å²) in [6.45, 7) is 2.43. The molecule has 0 saturated heterocycles. The second-order valence-electron chi connectivity index (χ2n) is 3.27. The number of amides is 1. The largest absolute Gasteiger partial charge is 0.349 e. The number of hydrogen-bond acceptors (Lipinski definition) is 3. The van der Waals surface area contributed by atoms with Gasteiger partial charge >= 0.3 is 0 Å². The van der Waals surface area contributed by atoms with Crippen molar-refractivity contribution in [2.75, 3.05) is 6.54 Å². The number of carbonyl (C=O) groups excluding carboxylic acids is 1. The standard InChI is InChI=1S/C9H11N3O/c1-5-2-6-7(10)4-12-9(13)8(6)11-3-5/h2-3,7H,4,10H2,1H3,(H,12,13). The average molecular weight is 177 g/mol. The van der Waals surface area contributed by atoms with Crippen LogP contribution in [-0.4, -0.2) is 17.4 Å². The lowest BCUT2D eigenvalue weighted by atomic mass is 10.0. The number of aromatic nitrogens is 1. The minimum atomic E-state index is -0.128. The highest BCUT2D eigenvalue weighted by molar-refractivity contribution is 5.95. The lowest BCUT2D eigenvalue weighted by Gasteiger charge is -2.21. The predicted octanol–water partition coefficient (Wildman–Crippen LogP) is 0.133. The van der Waals surface area contributed by atoms with E-state index in [0.717, 1.165) is 11.1 Å². The molecule has 1 amide bonds. The van der Waals surface area contributed by atoms with Crippen LogP contribution in [-0.2, 0) is 0 Å². The van der Waals surface area contributed by atoms with Crippen molar-refractivity contribution in [2.24, 2.45) is 5.73 Å². The monoisotopic (exact) mass is 177 g/mol. The third-order valence-electron chi connectivity index (χ3n) is 2.15. The van der Waals surface area contributed by atoms with E-state index in [1.54, 1.807) is 6.20 Å². The van der Waals surface area contributed by atoms with Crippen molar-refractivity contribution < 1.29 is 4.79 Å². The van der Waals surface area contributed by atoms with Crippen LogP contribution >= 0.6 is 0 Å². The van der Waals surface area contributed by atoms with Gasteiger partial charge in [0.25, 0.3) is 5.91 Å². The average Bonchev–Trinajstić information content (AvgIpc) is 2.12. The number of nitrogens with two attached hydrogens (primary N) is 1. The van der Waals surface area contributed by atoms with Gasteiger partial charge in [-0.1, -0.05) is 6.07 Å². The van der Waals surface area contributed by atoms with Gasteiger partial charge in [0.05, 0.1) is 0 Å². The molecule has 1 aromatic heterocycles. The van der Waals surface area contributed by atoms with E-state index in [4.69, 9.17) is 5.73 Å². The molecule has 0 spiro atoms. The molecular formula is C9H11N3O. The first kappa shape index (κ1) is 8.19. The molecule has 0 radical (unpaired) electrons. The van der Waals surface area contributed by atoms with Gasteiger partial charge in [0, 0.05) is 24.3 Å². The van der Waals surface area contributed by atoms with E-state index in [1.165, 1.54) is 0 Å². The second-order valence-corrected chi connectivity index (χ2v) is 3.27. The molecule has 1 aliphatic rings. The summed E-state index contributed by atoms with van der Waals surface area (Å²) in [5.41, 5.74) is 8.17. The molecule has 4 nitrogen and oxygen atoms in total. The third-order valence-corrected chi connectivity index (χ3v) is 2.15. The summed E-state index contributed by atoms with van der Waals surface area (Å²) in [5, 5.41) is 2.68. The maximum Gasteiger partial charge on any atom is 0.270 e. The maximum absolute atomic E-state index is 11.3. The summed E-state index contributed by atoms with van der Waals surface area (Å²) in [6.07, 6.45) is 1.68. The van der Waals surface area contributed by atoms with Crippen molar-refractivity contribution in [3.8, 4) is 0 Å². The van der Waals surface area contributed by atoms with Crippen molar-refractivity contribution in [3.63, 3.8) is 0 Å². The van der Waals surface area contributed by atoms with Crippen molar-refractivity contribution in [2.45, 2.75) is 13.0 Å². The first-order valence-electron chi connectivity index (χ1n) is 4.19. The quantitative estimate of drug-likeness (QED) is 0.592. The Morgan fingerprint density at radius 1 is 1.69 bits per heavy atom. The first-order chi connectivity index (χ1) is 6.18. The Balaban J connectivity index is 2.57. The van der Waals surface area contributed by atoms with Gasteiger partial charge in [0.2, 0.25) is 0 Å². The second kappa shape index (κ2) is 2.81. The number of nitrogens with one attached hydrogen (secondary N) is 1. The zero-order valence-electron chi connectivity index (χ0n) is 7.37. The Bertz CT molecular complexity index is 362. The molecule has 13 heavy (non-hydrogen) atoms. The Hall–Kier alpha value is -1.42. The fourth-order valence-corrected chi connectivity index (χ4v) is 1.46. The molecule has 2 rings (SSSR count). The predicted molar refractivity (Wildman–Crippen MR) is 48.2 cm³/mol. The highest BCUT2D eigenvalue weighted by Crippen LogP contribution is 2.18. The molecule has 0 saturated carbocycles. The molecule has 0 bridgehead atoms. The number of nitrogens with zero attached hydrogens (tertiary/aromatic N) is 1. The van der Waals surface area contributed by atoms with Crippen LogP contribution in [0.5, 0.6) is 0 Å². The fourth-order valence-electron chi connectivity index (χ4n) is 1.46. The molecule has 2 heterocycles. The Kier molecular flexibility index (Phi) is 1.77. The lowest BCUT2D eigenvalue weighted by Crippen LogP contribution is -2.39. The normalized spacial score (nSPS) is 20.8. The lowest BCUT2D eigenvalue weighted by molar-refractivity contribution is 0.0934. The van der Waals surface area contributed by atoms with Gasteiger partial charge in [-0.15, -0.1) is 0 Å². The van der Waals surface area contributed by atoms with Gasteiger partial charge in [-0.25, -0.2) is 0 Å². The highest BCUT2D eigenvalue weighted by Gasteiger charge is 2.23. The molecule has 1 aromatic rings. The molecule has 1 unspecified atom stereocenters. The van der Waals surface area contributed by atoms with Crippen LogP contribution < -0.4 is 11.1 Å². The number of carbonyl (C=O) groups is 1. The van der Waals surface area contributed by atoms with Gasteiger partial charge in [0.1, 0.15) is 5.69 Å². The molecular weight excluding hydrogens is 166 g/mol. The summed E-state index contributed by atoms with van der Waals surface area (Å²) < 4.78 is 0. The summed E-state index contributed by atoms with van der Waals surface area (Å²) in [6, 6.07) is 1.80. The topological polar surface area (TPSA) is 68.0 Å². The van der Waals surface area contributed by atoms with Gasteiger partial charge in [-0.05, 0) is 12.5 Å². The molecule has 0 fully saturated rings. The summed E-state index contributed by atoms with van der Waals surface area (Å²) in [7, 11) is 0. The Morgan fingerprint density at radius 2 is 2.46 bits per heavy atom. The highest BCUT2D eigenvalue weighted by atomic mass is 16.1.